The van der Waals surface area contributed by atoms with Crippen LogP contribution in [0.25, 0.3) is 10.6 Å². The predicted octanol–water partition coefficient (Wildman–Crippen LogP) is 0.643. The van der Waals surface area contributed by atoms with E-state index < -0.39 is 0 Å². The summed E-state index contributed by atoms with van der Waals surface area (Å²) in [5, 5.41) is 9.33. The van der Waals surface area contributed by atoms with Crippen LogP contribution in [0.5, 0.6) is 0 Å². The van der Waals surface area contributed by atoms with Crippen molar-refractivity contribution in [3.63, 3.8) is 0 Å². The molecular formula is C18H36K2N2. The molecule has 0 bridgehead atoms. The van der Waals surface area contributed by atoms with Crippen LogP contribution < -0.4 is 103 Å². The van der Waals surface area contributed by atoms with Gasteiger partial charge in [0, 0.05) is 0 Å². The van der Waals surface area contributed by atoms with Crippen LogP contribution >= 0.6 is 0 Å². The van der Waals surface area contributed by atoms with Crippen molar-refractivity contribution in [1.29, 1.82) is 0 Å². The van der Waals surface area contributed by atoms with Crippen molar-refractivity contribution < 1.29 is 103 Å². The molecule has 0 heterocycles. The zero-order valence-corrected chi connectivity index (χ0v) is 23.7. The van der Waals surface area contributed by atoms with Crippen molar-refractivity contribution in [2.45, 2.75) is 93.2 Å². The second-order valence-electron chi connectivity index (χ2n) is 9.66. The Morgan fingerprint density at radius 3 is 0.955 bits per heavy atom. The van der Waals surface area contributed by atoms with Gasteiger partial charge in [0.05, 0.1) is 0 Å². The van der Waals surface area contributed by atoms with Gasteiger partial charge >= 0.3 is 103 Å². The third kappa shape index (κ3) is 18.9. The van der Waals surface area contributed by atoms with E-state index in [1.807, 2.05) is 12.4 Å². The molecule has 0 atom stereocenters. The molecule has 4 heteroatoms. The minimum Gasteiger partial charge on any atom is -0.687 e. The monoisotopic (exact) mass is 358 g/mol. The fourth-order valence-electron chi connectivity index (χ4n) is 3.16. The van der Waals surface area contributed by atoms with Gasteiger partial charge < -0.3 is 10.6 Å². The average Bonchev–Trinajstić information content (AvgIpc) is 2.04. The van der Waals surface area contributed by atoms with Gasteiger partial charge in [-0.15, -0.1) is 11.1 Å². The molecule has 2 nitrogen and oxygen atoms in total. The second-order valence-corrected chi connectivity index (χ2v) is 9.66. The Labute approximate surface area is 225 Å². The molecule has 0 aromatic carbocycles. The SMILES string of the molecule is CC(C)(C)CC(C)(C)[N-]C=C[N-]C(C)(C)CC(C)(C)C.[K+].[K+]. The molecule has 22 heavy (non-hydrogen) atoms. The van der Waals surface area contributed by atoms with Gasteiger partial charge in [-0.3, -0.25) is 0 Å². The Balaban J connectivity index is -0.00000180. The van der Waals surface area contributed by atoms with Crippen LogP contribution in [0.2, 0.25) is 0 Å². The Morgan fingerprint density at radius 1 is 0.545 bits per heavy atom. The summed E-state index contributed by atoms with van der Waals surface area (Å²) in [6, 6.07) is 0. The smallest absolute Gasteiger partial charge is 0.687 e. The van der Waals surface area contributed by atoms with E-state index in [2.05, 4.69) is 79.9 Å². The maximum Gasteiger partial charge on any atom is 1.00 e. The third-order valence-corrected chi connectivity index (χ3v) is 2.84. The minimum absolute atomic E-state index is 0. The molecule has 0 aliphatic rings. The van der Waals surface area contributed by atoms with E-state index in [9.17, 15) is 0 Å². The molecule has 0 saturated carbocycles. The van der Waals surface area contributed by atoms with E-state index in [0.29, 0.717) is 10.8 Å². The van der Waals surface area contributed by atoms with Crippen LogP contribution in [-0.4, -0.2) is 11.1 Å². The van der Waals surface area contributed by atoms with E-state index in [4.69, 9.17) is 0 Å². The molecule has 120 valence electrons. The van der Waals surface area contributed by atoms with Gasteiger partial charge in [-0.25, -0.2) is 12.4 Å². The van der Waals surface area contributed by atoms with Gasteiger partial charge in [-0.1, -0.05) is 82.1 Å². The number of hydrogen-bond acceptors (Lipinski definition) is 0. The van der Waals surface area contributed by atoms with Crippen molar-refractivity contribution in [2.24, 2.45) is 10.8 Å². The molecule has 0 saturated heterocycles. The third-order valence-electron chi connectivity index (χ3n) is 2.84. The first-order valence-electron chi connectivity index (χ1n) is 7.71. The largest absolute Gasteiger partial charge is 1.00 e. The zero-order valence-electron chi connectivity index (χ0n) is 17.5. The summed E-state index contributed by atoms with van der Waals surface area (Å²) in [4.78, 5) is 0. The van der Waals surface area contributed by atoms with Gasteiger partial charge in [0.2, 0.25) is 0 Å². The normalized spacial score (nSPS) is 13.4. The molecule has 0 aromatic heterocycles. The first kappa shape index (κ1) is 29.4. The van der Waals surface area contributed by atoms with Crippen molar-refractivity contribution in [3.05, 3.63) is 23.0 Å². The van der Waals surface area contributed by atoms with E-state index in [1.54, 1.807) is 0 Å². The zero-order chi connectivity index (χ0) is 16.2. The van der Waals surface area contributed by atoms with Gasteiger partial charge in [0.25, 0.3) is 0 Å². The quantitative estimate of drug-likeness (QED) is 0.624. The van der Waals surface area contributed by atoms with Crippen LogP contribution in [0.4, 0.5) is 0 Å². The summed E-state index contributed by atoms with van der Waals surface area (Å²) < 4.78 is 0. The fraction of sp³-hybridized carbons (Fsp3) is 0.889. The van der Waals surface area contributed by atoms with Gasteiger partial charge in [-0.2, -0.15) is 0 Å². The van der Waals surface area contributed by atoms with E-state index in [0.717, 1.165) is 12.8 Å². The first-order valence-corrected chi connectivity index (χ1v) is 7.71. The average molecular weight is 359 g/mol. The molecule has 0 radical (unpaired) electrons. The molecular weight excluding hydrogens is 322 g/mol. The van der Waals surface area contributed by atoms with Gasteiger partial charge in [0.1, 0.15) is 0 Å². The van der Waals surface area contributed by atoms with E-state index in [-0.39, 0.29) is 114 Å². The number of rotatable bonds is 6. The predicted molar refractivity (Wildman–Crippen MR) is 92.2 cm³/mol. The van der Waals surface area contributed by atoms with Crippen LogP contribution in [0.15, 0.2) is 12.4 Å². The Hall–Kier alpha value is 2.61. The topological polar surface area (TPSA) is 28.2 Å². The first-order chi connectivity index (χ1) is 8.62. The molecule has 0 aromatic rings. The molecule has 0 fully saturated rings. The number of hydrogen-bond donors (Lipinski definition) is 0. The van der Waals surface area contributed by atoms with Crippen molar-refractivity contribution in [1.82, 2.24) is 0 Å². The maximum atomic E-state index is 4.67. The number of nitrogens with zero attached hydrogens (tertiary/aromatic N) is 2. The van der Waals surface area contributed by atoms with Crippen molar-refractivity contribution in [2.75, 3.05) is 0 Å². The summed E-state index contributed by atoms with van der Waals surface area (Å²) in [7, 11) is 0. The summed E-state index contributed by atoms with van der Waals surface area (Å²) in [5.41, 5.74) is 0.532. The Bertz CT molecular complexity index is 289. The standard InChI is InChI=1S/C18H36N2.2K/c1-15(2,3)13-17(7,8)19-11-12-20-18(9,10)14-16(4,5)6;;/h11-12H,13-14H2,1-10H3;;/q-2;2*+1. The molecule has 0 amide bonds. The molecule has 0 rings (SSSR count). The Kier molecular flexibility index (Phi) is 15.2. The van der Waals surface area contributed by atoms with Crippen LogP contribution in [0.1, 0.15) is 82.1 Å². The molecule has 0 aliphatic heterocycles. The van der Waals surface area contributed by atoms with E-state index >= 15 is 0 Å². The molecule has 0 unspecified atom stereocenters. The van der Waals surface area contributed by atoms with Crippen LogP contribution in [-0.2, 0) is 0 Å². The van der Waals surface area contributed by atoms with Gasteiger partial charge in [-0.05, 0) is 10.8 Å². The van der Waals surface area contributed by atoms with Crippen LogP contribution in [0.3, 0.4) is 0 Å². The summed E-state index contributed by atoms with van der Waals surface area (Å²) in [6.45, 7) is 22.3. The van der Waals surface area contributed by atoms with E-state index in [1.165, 1.54) is 0 Å². The second kappa shape index (κ2) is 11.4. The maximum absolute atomic E-state index is 4.67. The summed E-state index contributed by atoms with van der Waals surface area (Å²) in [6.07, 6.45) is 5.87. The molecule has 0 aliphatic carbocycles. The van der Waals surface area contributed by atoms with Crippen molar-refractivity contribution >= 4 is 0 Å². The fourth-order valence-corrected chi connectivity index (χ4v) is 3.16. The Morgan fingerprint density at radius 2 is 0.773 bits per heavy atom. The molecule has 0 N–H and O–H groups in total. The van der Waals surface area contributed by atoms with Gasteiger partial charge in [0.15, 0.2) is 0 Å². The van der Waals surface area contributed by atoms with Crippen molar-refractivity contribution in [3.8, 4) is 0 Å². The summed E-state index contributed by atoms with van der Waals surface area (Å²) >= 11 is 0. The minimum atomic E-state index is -0.0293. The summed E-state index contributed by atoms with van der Waals surface area (Å²) in [5.74, 6) is 0. The van der Waals surface area contributed by atoms with Crippen LogP contribution in [0, 0.1) is 10.8 Å². The molecule has 0 spiro atoms.